The fraction of sp³-hybridized carbons (Fsp3) is 0.875. The monoisotopic (exact) mass is 535 g/mol. The van der Waals surface area contributed by atoms with Crippen LogP contribution in [0.5, 0.6) is 0 Å². The Morgan fingerprint density at radius 1 is 0.595 bits per heavy atom. The van der Waals surface area contributed by atoms with Crippen LogP contribution in [0.2, 0.25) is 0 Å². The first-order valence-electron chi connectivity index (χ1n) is 15.6. The Morgan fingerprint density at radius 2 is 1.03 bits per heavy atom. The van der Waals surface area contributed by atoms with Crippen molar-refractivity contribution in [3.8, 4) is 0 Å². The summed E-state index contributed by atoms with van der Waals surface area (Å²) in [6.07, 6.45) is 19.6. The number of hydrogen-bond donors (Lipinski definition) is 0. The second-order valence-corrected chi connectivity index (χ2v) is 13.0. The summed E-state index contributed by atoms with van der Waals surface area (Å²) in [6, 6.07) is 0. The third-order valence-corrected chi connectivity index (χ3v) is 8.05. The molecule has 0 heterocycles. The molecule has 0 saturated carbocycles. The van der Waals surface area contributed by atoms with E-state index in [0.29, 0.717) is 9.93 Å². The molecule has 0 radical (unpaired) electrons. The summed E-state index contributed by atoms with van der Waals surface area (Å²) >= 11 is 5.47. The van der Waals surface area contributed by atoms with Gasteiger partial charge in [0.15, 0.2) is 0 Å². The Morgan fingerprint density at radius 3 is 1.54 bits per heavy atom. The van der Waals surface area contributed by atoms with Gasteiger partial charge in [-0.2, -0.15) is 0 Å². The van der Waals surface area contributed by atoms with E-state index in [1.54, 1.807) is 0 Å². The molecule has 216 valence electrons. The van der Waals surface area contributed by atoms with E-state index in [1.165, 1.54) is 96.6 Å². The highest BCUT2D eigenvalue weighted by molar-refractivity contribution is 7.71. The van der Waals surface area contributed by atoms with Gasteiger partial charge in [0.1, 0.15) is 10.2 Å². The van der Waals surface area contributed by atoms with Crippen molar-refractivity contribution in [2.75, 3.05) is 56.6 Å². The molecule has 0 saturated heterocycles. The van der Waals surface area contributed by atoms with Gasteiger partial charge in [-0.25, -0.2) is 0 Å². The number of rotatable bonds is 23. The van der Waals surface area contributed by atoms with Gasteiger partial charge in [0.25, 0.3) is 0 Å². The van der Waals surface area contributed by atoms with Crippen LogP contribution in [0.15, 0.2) is 4.79 Å². The molecule has 0 atom stereocenters. The normalized spacial score (nSPS) is 12.1. The van der Waals surface area contributed by atoms with Crippen molar-refractivity contribution >= 4 is 23.6 Å². The summed E-state index contributed by atoms with van der Waals surface area (Å²) in [7, 11) is 4.16. The van der Waals surface area contributed by atoms with Crippen molar-refractivity contribution in [1.82, 2.24) is 4.90 Å². The van der Waals surface area contributed by atoms with Crippen LogP contribution in [0.3, 0.4) is 0 Å². The van der Waals surface area contributed by atoms with E-state index in [1.807, 2.05) is 0 Å². The molecule has 0 aliphatic heterocycles. The predicted octanol–water partition coefficient (Wildman–Crippen LogP) is 8.76. The third kappa shape index (κ3) is 14.1. The van der Waals surface area contributed by atoms with Crippen LogP contribution in [-0.2, 0) is 0 Å². The minimum atomic E-state index is 0.0613. The van der Waals surface area contributed by atoms with Crippen LogP contribution in [0.25, 0.3) is 0 Å². The van der Waals surface area contributed by atoms with Gasteiger partial charge in [0.05, 0.1) is 5.69 Å². The molecule has 4 nitrogen and oxygen atoms in total. The Hall–Kier alpha value is -0.940. The highest BCUT2D eigenvalue weighted by Crippen LogP contribution is 2.30. The van der Waals surface area contributed by atoms with E-state index in [9.17, 15) is 4.79 Å². The second-order valence-electron chi connectivity index (χ2n) is 12.6. The number of hydrogen-bond acceptors (Lipinski definition) is 5. The fourth-order valence-corrected chi connectivity index (χ4v) is 5.59. The van der Waals surface area contributed by atoms with Gasteiger partial charge in [0.2, 0.25) is 5.43 Å². The van der Waals surface area contributed by atoms with Crippen LogP contribution in [0.4, 0.5) is 11.4 Å². The molecule has 37 heavy (non-hydrogen) atoms. The lowest BCUT2D eigenvalue weighted by Gasteiger charge is -2.31. The van der Waals surface area contributed by atoms with E-state index < -0.39 is 0 Å². The minimum absolute atomic E-state index is 0.0613. The molecule has 0 amide bonds. The average molecular weight is 536 g/mol. The Balaban J connectivity index is 2.56. The maximum atomic E-state index is 12.7. The lowest BCUT2D eigenvalue weighted by Crippen LogP contribution is -2.36. The lowest BCUT2D eigenvalue weighted by atomic mass is 9.90. The summed E-state index contributed by atoms with van der Waals surface area (Å²) < 4.78 is 0.521. The van der Waals surface area contributed by atoms with Crippen molar-refractivity contribution < 1.29 is 0 Å². The molecule has 0 spiro atoms. The van der Waals surface area contributed by atoms with E-state index in [2.05, 4.69) is 63.4 Å². The summed E-state index contributed by atoms with van der Waals surface area (Å²) in [6.45, 7) is 16.8. The van der Waals surface area contributed by atoms with Crippen LogP contribution in [0.1, 0.15) is 131 Å². The smallest absolute Gasteiger partial charge is 0.224 e. The van der Waals surface area contributed by atoms with Crippen molar-refractivity contribution in [1.29, 1.82) is 0 Å². The molecule has 1 aromatic rings. The van der Waals surface area contributed by atoms with E-state index >= 15 is 0 Å². The summed E-state index contributed by atoms with van der Waals surface area (Å²) in [5.41, 5.74) is 2.22. The molecule has 0 unspecified atom stereocenters. The molecule has 0 bridgehead atoms. The van der Waals surface area contributed by atoms with Gasteiger partial charge >= 0.3 is 0 Å². The fourth-order valence-electron chi connectivity index (χ4n) is 5.24. The molecular formula is C32H61N3OS. The first-order valence-corrected chi connectivity index (χ1v) is 16.0. The van der Waals surface area contributed by atoms with Crippen LogP contribution >= 0.6 is 12.2 Å². The molecule has 5 heteroatoms. The first kappa shape index (κ1) is 34.1. The zero-order valence-corrected chi connectivity index (χ0v) is 26.6. The van der Waals surface area contributed by atoms with Crippen LogP contribution in [-0.4, -0.2) is 51.7 Å². The quantitative estimate of drug-likeness (QED) is 0.103. The molecule has 0 aliphatic carbocycles. The predicted molar refractivity (Wildman–Crippen MR) is 169 cm³/mol. The van der Waals surface area contributed by atoms with E-state index in [4.69, 9.17) is 12.2 Å². The number of unbranched alkanes of at least 4 members (excludes halogenated alkanes) is 10. The van der Waals surface area contributed by atoms with Crippen molar-refractivity contribution in [3.05, 3.63) is 14.7 Å². The molecule has 0 fully saturated rings. The SMILES string of the molecule is CCCCCCCCN(CCCCCCCC)CCCN(C)c1c(N(C)CCCC(C)(C)C)c(=S)c1=O. The van der Waals surface area contributed by atoms with Gasteiger partial charge < -0.3 is 14.7 Å². The van der Waals surface area contributed by atoms with Crippen LogP contribution < -0.4 is 15.2 Å². The van der Waals surface area contributed by atoms with Crippen molar-refractivity contribution in [3.63, 3.8) is 0 Å². The van der Waals surface area contributed by atoms with Gasteiger partial charge in [-0.15, -0.1) is 0 Å². The molecule has 0 aromatic heterocycles. The van der Waals surface area contributed by atoms with E-state index in [-0.39, 0.29) is 5.43 Å². The van der Waals surface area contributed by atoms with Gasteiger partial charge in [-0.1, -0.05) is 111 Å². The van der Waals surface area contributed by atoms with Crippen molar-refractivity contribution in [2.45, 2.75) is 131 Å². The Kier molecular flexibility index (Phi) is 17.7. The second kappa shape index (κ2) is 19.2. The maximum absolute atomic E-state index is 12.7. The highest BCUT2D eigenvalue weighted by Gasteiger charge is 2.24. The standard InChI is InChI=1S/C32H61N3OS/c1-8-10-12-14-16-18-25-35(26-19-17-15-13-11-9-2)27-21-24-33(6)28-29(31(37)30(28)36)34(7)23-20-22-32(3,4)5/h8-27H2,1-7H3. The lowest BCUT2D eigenvalue weighted by molar-refractivity contribution is 0.258. The molecular weight excluding hydrogens is 474 g/mol. The van der Waals surface area contributed by atoms with Crippen molar-refractivity contribution in [2.24, 2.45) is 5.41 Å². The zero-order valence-electron chi connectivity index (χ0n) is 25.8. The van der Waals surface area contributed by atoms with Gasteiger partial charge in [-0.3, -0.25) is 4.79 Å². The Bertz CT molecular complexity index is 762. The Labute approximate surface area is 235 Å². The van der Waals surface area contributed by atoms with Crippen LogP contribution in [0, 0.1) is 9.93 Å². The topological polar surface area (TPSA) is 26.8 Å². The summed E-state index contributed by atoms with van der Waals surface area (Å²) in [5, 5.41) is 0. The summed E-state index contributed by atoms with van der Waals surface area (Å²) in [4.78, 5) is 19.7. The maximum Gasteiger partial charge on any atom is 0.224 e. The summed E-state index contributed by atoms with van der Waals surface area (Å²) in [5.74, 6) is 0. The molecule has 0 N–H and O–H groups in total. The molecule has 1 rings (SSSR count). The van der Waals surface area contributed by atoms with E-state index in [0.717, 1.165) is 43.9 Å². The van der Waals surface area contributed by atoms with Gasteiger partial charge in [0, 0.05) is 27.2 Å². The first-order chi connectivity index (χ1) is 17.6. The zero-order chi connectivity index (χ0) is 27.7. The number of anilines is 2. The third-order valence-electron chi connectivity index (χ3n) is 7.67. The minimum Gasteiger partial charge on any atom is -0.372 e. The average Bonchev–Trinajstić information content (AvgIpc) is 2.84. The van der Waals surface area contributed by atoms with Gasteiger partial charge in [-0.05, 0) is 57.2 Å². The molecule has 1 aromatic carbocycles. The number of nitrogens with zero attached hydrogens (tertiary/aromatic N) is 3. The largest absolute Gasteiger partial charge is 0.372 e. The highest BCUT2D eigenvalue weighted by atomic mass is 32.1. The molecule has 0 aliphatic rings.